The molecule has 148 valence electrons. The van der Waals surface area contributed by atoms with E-state index in [1.807, 2.05) is 24.3 Å². The molecule has 1 fully saturated rings. The molecule has 2 aromatic rings. The Morgan fingerprint density at radius 3 is 2.81 bits per heavy atom. The molecule has 0 aliphatic carbocycles. The van der Waals surface area contributed by atoms with Gasteiger partial charge in [0.2, 0.25) is 5.91 Å². The largest absolute Gasteiger partial charge is 0.496 e. The van der Waals surface area contributed by atoms with Gasteiger partial charge in [-0.15, -0.1) is 23.7 Å². The summed E-state index contributed by atoms with van der Waals surface area (Å²) in [6, 6.07) is 10.5. The first kappa shape index (κ1) is 21.6. The van der Waals surface area contributed by atoms with Crippen molar-refractivity contribution in [1.82, 2.24) is 14.9 Å². The lowest BCUT2D eigenvalue weighted by molar-refractivity contribution is -0.133. The Kier molecular flexibility index (Phi) is 7.63. The number of carbonyl (C=O) groups excluding carboxylic acids is 1. The molecule has 1 atom stereocenters. The standard InChI is InChI=1S/C17H21N3O4S2.ClH/c1-24-15-6-3-2-5-13(15)14-11-18-8-9-20(14)16(21)12-19-26(22,23)17-7-4-10-25-17;/h2-7,10,14,18-19H,8-9,11-12H2,1H3;1H. The average Bonchev–Trinajstić information content (AvgIpc) is 3.22. The van der Waals surface area contributed by atoms with Crippen LogP contribution in [-0.4, -0.2) is 52.5 Å². The van der Waals surface area contributed by atoms with Gasteiger partial charge >= 0.3 is 0 Å². The van der Waals surface area contributed by atoms with Gasteiger partial charge in [0.1, 0.15) is 9.96 Å². The van der Waals surface area contributed by atoms with E-state index in [0.717, 1.165) is 16.9 Å². The van der Waals surface area contributed by atoms with Crippen LogP contribution in [0.15, 0.2) is 46.0 Å². The highest BCUT2D eigenvalue weighted by atomic mass is 35.5. The fourth-order valence-corrected chi connectivity index (χ4v) is 4.98. The molecule has 27 heavy (non-hydrogen) atoms. The summed E-state index contributed by atoms with van der Waals surface area (Å²) in [5, 5.41) is 4.96. The fraction of sp³-hybridized carbons (Fsp3) is 0.353. The minimum atomic E-state index is -3.66. The molecule has 1 amide bonds. The summed E-state index contributed by atoms with van der Waals surface area (Å²) in [6.45, 7) is 1.48. The Balaban J connectivity index is 0.00000261. The number of nitrogens with zero attached hydrogens (tertiary/aromatic N) is 1. The van der Waals surface area contributed by atoms with Gasteiger partial charge in [-0.3, -0.25) is 4.79 Å². The Bertz CT molecular complexity index is 859. The molecule has 1 aliphatic rings. The van der Waals surface area contributed by atoms with Crippen LogP contribution < -0.4 is 14.8 Å². The third-order valence-electron chi connectivity index (χ3n) is 4.24. The number of piperazine rings is 1. The summed E-state index contributed by atoms with van der Waals surface area (Å²) < 4.78 is 32.5. The molecule has 10 heteroatoms. The van der Waals surface area contributed by atoms with Crippen LogP contribution >= 0.6 is 23.7 Å². The number of methoxy groups -OCH3 is 1. The molecule has 3 rings (SSSR count). The Morgan fingerprint density at radius 1 is 1.33 bits per heavy atom. The first-order valence-electron chi connectivity index (χ1n) is 8.19. The van der Waals surface area contributed by atoms with Gasteiger partial charge in [-0.25, -0.2) is 13.1 Å². The molecule has 1 saturated heterocycles. The molecule has 0 bridgehead atoms. The van der Waals surface area contributed by atoms with Gasteiger partial charge < -0.3 is 15.0 Å². The maximum atomic E-state index is 12.7. The van der Waals surface area contributed by atoms with Crippen molar-refractivity contribution >= 4 is 39.7 Å². The zero-order chi connectivity index (χ0) is 18.6. The van der Waals surface area contributed by atoms with Crippen LogP contribution in [0.5, 0.6) is 5.75 Å². The first-order valence-corrected chi connectivity index (χ1v) is 10.6. The Labute approximate surface area is 169 Å². The second kappa shape index (κ2) is 9.52. The number of rotatable bonds is 6. The van der Waals surface area contributed by atoms with Crippen molar-refractivity contribution in [3.05, 3.63) is 47.3 Å². The monoisotopic (exact) mass is 431 g/mol. The van der Waals surface area contributed by atoms with Gasteiger partial charge in [-0.1, -0.05) is 24.3 Å². The van der Waals surface area contributed by atoms with Crippen LogP contribution in [-0.2, 0) is 14.8 Å². The molecule has 1 aromatic heterocycles. The predicted molar refractivity (Wildman–Crippen MR) is 107 cm³/mol. The molecule has 0 radical (unpaired) electrons. The molecular weight excluding hydrogens is 410 g/mol. The summed E-state index contributed by atoms with van der Waals surface area (Å²) in [5.41, 5.74) is 0.900. The molecule has 1 aromatic carbocycles. The van der Waals surface area contributed by atoms with Crippen LogP contribution in [0.4, 0.5) is 0 Å². The van der Waals surface area contributed by atoms with Crippen molar-refractivity contribution in [2.24, 2.45) is 0 Å². The predicted octanol–water partition coefficient (Wildman–Crippen LogP) is 1.63. The number of para-hydroxylation sites is 1. The van der Waals surface area contributed by atoms with E-state index < -0.39 is 10.0 Å². The molecular formula is C17H22ClN3O4S2. The molecule has 1 aliphatic heterocycles. The van der Waals surface area contributed by atoms with Crippen LogP contribution in [0.2, 0.25) is 0 Å². The number of carbonyl (C=O) groups is 1. The average molecular weight is 432 g/mol. The number of sulfonamides is 1. The molecule has 1 unspecified atom stereocenters. The summed E-state index contributed by atoms with van der Waals surface area (Å²) in [6.07, 6.45) is 0. The van der Waals surface area contributed by atoms with Crippen LogP contribution in [0, 0.1) is 0 Å². The maximum absolute atomic E-state index is 12.7. The van der Waals surface area contributed by atoms with Crippen LogP contribution in [0.25, 0.3) is 0 Å². The van der Waals surface area contributed by atoms with E-state index in [1.54, 1.807) is 23.5 Å². The second-order valence-corrected chi connectivity index (χ2v) is 8.75. The van der Waals surface area contributed by atoms with Crippen molar-refractivity contribution < 1.29 is 17.9 Å². The number of hydrogen-bond acceptors (Lipinski definition) is 6. The van der Waals surface area contributed by atoms with Gasteiger partial charge in [0.15, 0.2) is 0 Å². The first-order chi connectivity index (χ1) is 12.5. The van der Waals surface area contributed by atoms with Gasteiger partial charge in [-0.2, -0.15) is 0 Å². The quantitative estimate of drug-likeness (QED) is 0.725. The number of amides is 1. The zero-order valence-electron chi connectivity index (χ0n) is 14.8. The highest BCUT2D eigenvalue weighted by Gasteiger charge is 2.30. The van der Waals surface area contributed by atoms with E-state index in [0.29, 0.717) is 25.4 Å². The van der Waals surface area contributed by atoms with Gasteiger partial charge in [-0.05, 0) is 17.5 Å². The van der Waals surface area contributed by atoms with E-state index >= 15 is 0 Å². The van der Waals surface area contributed by atoms with E-state index in [-0.39, 0.29) is 35.1 Å². The number of ether oxygens (including phenoxy) is 1. The van der Waals surface area contributed by atoms with Crippen molar-refractivity contribution in [3.8, 4) is 5.75 Å². The number of thiophene rings is 1. The highest BCUT2D eigenvalue weighted by Crippen LogP contribution is 2.30. The lowest BCUT2D eigenvalue weighted by atomic mass is 10.0. The summed E-state index contributed by atoms with van der Waals surface area (Å²) in [5.74, 6) is 0.445. The highest BCUT2D eigenvalue weighted by molar-refractivity contribution is 7.91. The van der Waals surface area contributed by atoms with Gasteiger partial charge in [0.05, 0.1) is 19.7 Å². The van der Waals surface area contributed by atoms with Crippen LogP contribution in [0.1, 0.15) is 11.6 Å². The van der Waals surface area contributed by atoms with Gasteiger partial charge in [0.25, 0.3) is 10.0 Å². The minimum absolute atomic E-state index is 0. The molecule has 0 spiro atoms. The summed E-state index contributed by atoms with van der Waals surface area (Å²) in [7, 11) is -2.07. The molecule has 2 heterocycles. The summed E-state index contributed by atoms with van der Waals surface area (Å²) >= 11 is 1.12. The molecule has 2 N–H and O–H groups in total. The minimum Gasteiger partial charge on any atom is -0.496 e. The Morgan fingerprint density at radius 2 is 2.11 bits per heavy atom. The van der Waals surface area contributed by atoms with Crippen molar-refractivity contribution in [2.75, 3.05) is 33.3 Å². The van der Waals surface area contributed by atoms with Crippen LogP contribution in [0.3, 0.4) is 0 Å². The lowest BCUT2D eigenvalue weighted by Crippen LogP contribution is -2.51. The van der Waals surface area contributed by atoms with E-state index in [1.165, 1.54) is 6.07 Å². The third-order valence-corrected chi connectivity index (χ3v) is 7.03. The third kappa shape index (κ3) is 4.99. The molecule has 0 saturated carbocycles. The number of hydrogen-bond donors (Lipinski definition) is 2. The lowest BCUT2D eigenvalue weighted by Gasteiger charge is -2.37. The number of halogens is 1. The SMILES string of the molecule is COc1ccccc1C1CNCCN1C(=O)CNS(=O)(=O)c1cccs1.Cl. The maximum Gasteiger partial charge on any atom is 0.250 e. The summed E-state index contributed by atoms with van der Waals surface area (Å²) in [4.78, 5) is 14.4. The smallest absolute Gasteiger partial charge is 0.250 e. The number of nitrogens with one attached hydrogen (secondary N) is 2. The van der Waals surface area contributed by atoms with Crippen molar-refractivity contribution in [2.45, 2.75) is 10.3 Å². The normalized spacial score (nSPS) is 17.2. The van der Waals surface area contributed by atoms with E-state index in [9.17, 15) is 13.2 Å². The zero-order valence-corrected chi connectivity index (χ0v) is 17.2. The fourth-order valence-electron chi connectivity index (χ4n) is 2.97. The topological polar surface area (TPSA) is 87.7 Å². The van der Waals surface area contributed by atoms with Gasteiger partial charge in [0, 0.05) is 25.2 Å². The van der Waals surface area contributed by atoms with E-state index in [2.05, 4.69) is 10.0 Å². The van der Waals surface area contributed by atoms with Crippen molar-refractivity contribution in [1.29, 1.82) is 0 Å². The second-order valence-electron chi connectivity index (χ2n) is 5.81. The van der Waals surface area contributed by atoms with E-state index in [4.69, 9.17) is 4.74 Å². The van der Waals surface area contributed by atoms with Crippen molar-refractivity contribution in [3.63, 3.8) is 0 Å². The molecule has 7 nitrogen and oxygen atoms in total. The Hall–Kier alpha value is -1.65. The number of benzene rings is 1.